The van der Waals surface area contributed by atoms with Crippen LogP contribution in [0.3, 0.4) is 0 Å². The molecule has 0 bridgehead atoms. The number of methoxy groups -OCH3 is 1. The number of carbonyl (C=O) groups excluding carboxylic acids is 2. The van der Waals surface area contributed by atoms with Crippen molar-refractivity contribution in [2.24, 2.45) is 5.92 Å². The van der Waals surface area contributed by atoms with Crippen LogP contribution in [0.25, 0.3) is 0 Å². The Morgan fingerprint density at radius 3 is 2.52 bits per heavy atom. The van der Waals surface area contributed by atoms with Crippen molar-refractivity contribution in [2.75, 3.05) is 25.6 Å². The van der Waals surface area contributed by atoms with Gasteiger partial charge in [0.2, 0.25) is 5.91 Å². The smallest absolute Gasteiger partial charge is 0.227 e. The summed E-state index contributed by atoms with van der Waals surface area (Å²) >= 11 is 12.0. The minimum absolute atomic E-state index is 0.0254. The molecule has 1 amide bonds. The van der Waals surface area contributed by atoms with Gasteiger partial charge in [-0.1, -0.05) is 35.7 Å². The van der Waals surface area contributed by atoms with Crippen LogP contribution in [0.1, 0.15) is 35.2 Å². The Morgan fingerprint density at radius 1 is 1.07 bits per heavy atom. The molecule has 0 aliphatic heterocycles. The fraction of sp³-hybridized carbons (Fsp3) is 0.364. The van der Waals surface area contributed by atoms with E-state index in [9.17, 15) is 9.59 Å². The van der Waals surface area contributed by atoms with Crippen LogP contribution in [0.15, 0.2) is 36.4 Å². The number of nitrogens with one attached hydrogen (secondary N) is 1. The van der Waals surface area contributed by atoms with E-state index in [2.05, 4.69) is 5.32 Å². The van der Waals surface area contributed by atoms with Crippen molar-refractivity contribution < 1.29 is 19.1 Å². The standard InChI is InChI=1S/C22H23Cl2NO4/c1-28-9-10-29-21-8-6-16(13-19(21)25-22(27)15-3-2-4-15)20(26)12-14-5-7-17(23)18(24)11-14/h5-8,11,13,15H,2-4,9-10,12H2,1H3,(H,25,27). The lowest BCUT2D eigenvalue weighted by Gasteiger charge is -2.24. The van der Waals surface area contributed by atoms with E-state index in [4.69, 9.17) is 32.7 Å². The van der Waals surface area contributed by atoms with Crippen molar-refractivity contribution in [2.45, 2.75) is 25.7 Å². The molecule has 1 fully saturated rings. The SMILES string of the molecule is COCCOc1ccc(C(=O)Cc2ccc(Cl)c(Cl)c2)cc1NC(=O)C1CCC1. The third-order valence-corrected chi connectivity index (χ3v) is 5.67. The Balaban J connectivity index is 1.78. The molecule has 29 heavy (non-hydrogen) atoms. The summed E-state index contributed by atoms with van der Waals surface area (Å²) in [6.45, 7) is 0.771. The van der Waals surface area contributed by atoms with Gasteiger partial charge in [0.05, 0.1) is 22.3 Å². The van der Waals surface area contributed by atoms with E-state index in [1.54, 1.807) is 43.5 Å². The van der Waals surface area contributed by atoms with Gasteiger partial charge in [0, 0.05) is 25.0 Å². The van der Waals surface area contributed by atoms with Gasteiger partial charge in [0.15, 0.2) is 5.78 Å². The summed E-state index contributed by atoms with van der Waals surface area (Å²) in [5.41, 5.74) is 1.75. The Morgan fingerprint density at radius 2 is 1.86 bits per heavy atom. The Bertz CT molecular complexity index is 896. The van der Waals surface area contributed by atoms with Gasteiger partial charge >= 0.3 is 0 Å². The number of halogens is 2. The number of hydrogen-bond donors (Lipinski definition) is 1. The maximum absolute atomic E-state index is 12.8. The first-order chi connectivity index (χ1) is 14.0. The Kier molecular flexibility index (Phi) is 7.53. The number of ketones is 1. The molecular weight excluding hydrogens is 413 g/mol. The van der Waals surface area contributed by atoms with Crippen molar-refractivity contribution in [1.29, 1.82) is 0 Å². The van der Waals surface area contributed by atoms with E-state index >= 15 is 0 Å². The van der Waals surface area contributed by atoms with Gasteiger partial charge in [-0.2, -0.15) is 0 Å². The quantitative estimate of drug-likeness (QED) is 0.435. The van der Waals surface area contributed by atoms with Crippen LogP contribution in [0.2, 0.25) is 10.0 Å². The van der Waals surface area contributed by atoms with E-state index in [0.29, 0.717) is 40.3 Å². The minimum Gasteiger partial charge on any atom is -0.489 e. The van der Waals surface area contributed by atoms with Crippen LogP contribution in [-0.4, -0.2) is 32.0 Å². The van der Waals surface area contributed by atoms with Crippen LogP contribution in [0.4, 0.5) is 5.69 Å². The largest absolute Gasteiger partial charge is 0.489 e. The molecule has 0 spiro atoms. The summed E-state index contributed by atoms with van der Waals surface area (Å²) in [6.07, 6.45) is 3.03. The van der Waals surface area contributed by atoms with Gasteiger partial charge in [-0.05, 0) is 48.7 Å². The number of carbonyl (C=O) groups is 2. The summed E-state index contributed by atoms with van der Waals surface area (Å²) in [7, 11) is 1.59. The predicted octanol–water partition coefficient (Wildman–Crippen LogP) is 5.18. The first kappa shape index (κ1) is 21.6. The van der Waals surface area contributed by atoms with Gasteiger partial charge in [-0.25, -0.2) is 0 Å². The molecule has 2 aromatic rings. The highest BCUT2D eigenvalue weighted by atomic mass is 35.5. The van der Waals surface area contributed by atoms with Crippen LogP contribution in [-0.2, 0) is 16.0 Å². The predicted molar refractivity (Wildman–Crippen MR) is 114 cm³/mol. The molecule has 1 N–H and O–H groups in total. The average molecular weight is 436 g/mol. The lowest BCUT2D eigenvalue weighted by atomic mass is 9.85. The first-order valence-electron chi connectivity index (χ1n) is 9.51. The van der Waals surface area contributed by atoms with Gasteiger partial charge in [-0.3, -0.25) is 9.59 Å². The van der Waals surface area contributed by atoms with Crippen LogP contribution < -0.4 is 10.1 Å². The third-order valence-electron chi connectivity index (χ3n) is 4.93. The zero-order chi connectivity index (χ0) is 20.8. The second-order valence-electron chi connectivity index (χ2n) is 7.02. The summed E-state index contributed by atoms with van der Waals surface area (Å²) in [6, 6.07) is 10.2. The molecule has 0 atom stereocenters. The third kappa shape index (κ3) is 5.72. The zero-order valence-electron chi connectivity index (χ0n) is 16.2. The minimum atomic E-state index is -0.0917. The van der Waals surface area contributed by atoms with Gasteiger partial charge in [0.1, 0.15) is 12.4 Å². The number of ether oxygens (including phenoxy) is 2. The van der Waals surface area contributed by atoms with E-state index in [-0.39, 0.29) is 24.0 Å². The number of anilines is 1. The van der Waals surface area contributed by atoms with Gasteiger partial charge in [-0.15, -0.1) is 0 Å². The molecule has 0 aromatic heterocycles. The van der Waals surface area contributed by atoms with Crippen molar-refractivity contribution in [3.05, 3.63) is 57.6 Å². The molecule has 154 valence electrons. The fourth-order valence-corrected chi connectivity index (χ4v) is 3.32. The van der Waals surface area contributed by atoms with E-state index in [1.165, 1.54) is 0 Å². The number of hydrogen-bond acceptors (Lipinski definition) is 4. The highest BCUT2D eigenvalue weighted by Gasteiger charge is 2.26. The molecule has 2 aromatic carbocycles. The molecule has 1 saturated carbocycles. The highest BCUT2D eigenvalue weighted by Crippen LogP contribution is 2.31. The van der Waals surface area contributed by atoms with Gasteiger partial charge in [0.25, 0.3) is 0 Å². The number of Topliss-reactive ketones (excluding diaryl/α,β-unsaturated/α-hetero) is 1. The Labute approximate surface area is 180 Å². The molecule has 1 aliphatic carbocycles. The highest BCUT2D eigenvalue weighted by molar-refractivity contribution is 6.42. The van der Waals surface area contributed by atoms with Crippen molar-refractivity contribution in [3.63, 3.8) is 0 Å². The van der Waals surface area contributed by atoms with Crippen LogP contribution in [0.5, 0.6) is 5.75 Å². The van der Waals surface area contributed by atoms with Crippen molar-refractivity contribution in [1.82, 2.24) is 0 Å². The lowest BCUT2D eigenvalue weighted by Crippen LogP contribution is -2.28. The van der Waals surface area contributed by atoms with Crippen molar-refractivity contribution in [3.8, 4) is 5.75 Å². The molecule has 0 heterocycles. The Hall–Kier alpha value is -2.08. The number of amides is 1. The zero-order valence-corrected chi connectivity index (χ0v) is 17.7. The second-order valence-corrected chi connectivity index (χ2v) is 7.83. The normalized spacial score (nSPS) is 13.6. The first-order valence-corrected chi connectivity index (χ1v) is 10.3. The monoisotopic (exact) mass is 435 g/mol. The van der Waals surface area contributed by atoms with E-state index in [1.807, 2.05) is 0 Å². The lowest BCUT2D eigenvalue weighted by molar-refractivity contribution is -0.122. The van der Waals surface area contributed by atoms with Crippen LogP contribution in [0, 0.1) is 5.92 Å². The summed E-state index contributed by atoms with van der Waals surface area (Å²) in [4.78, 5) is 25.2. The summed E-state index contributed by atoms with van der Waals surface area (Å²) in [5, 5.41) is 3.77. The van der Waals surface area contributed by atoms with Gasteiger partial charge < -0.3 is 14.8 Å². The molecular formula is C22H23Cl2NO4. The van der Waals surface area contributed by atoms with Crippen LogP contribution >= 0.6 is 23.2 Å². The summed E-state index contributed by atoms with van der Waals surface area (Å²) < 4.78 is 10.7. The molecule has 5 nitrogen and oxygen atoms in total. The van der Waals surface area contributed by atoms with E-state index < -0.39 is 0 Å². The average Bonchev–Trinajstić information content (AvgIpc) is 2.64. The van der Waals surface area contributed by atoms with E-state index in [0.717, 1.165) is 24.8 Å². The fourth-order valence-electron chi connectivity index (χ4n) is 3.00. The maximum Gasteiger partial charge on any atom is 0.227 e. The molecule has 7 heteroatoms. The molecule has 3 rings (SSSR count). The number of benzene rings is 2. The molecule has 0 saturated heterocycles. The maximum atomic E-state index is 12.8. The molecule has 0 unspecified atom stereocenters. The second kappa shape index (κ2) is 10.1. The number of rotatable bonds is 9. The summed E-state index contributed by atoms with van der Waals surface area (Å²) in [5.74, 6) is 0.408. The molecule has 1 aliphatic rings. The molecule has 0 radical (unpaired) electrons. The van der Waals surface area contributed by atoms with Crippen molar-refractivity contribution >= 4 is 40.6 Å². The topological polar surface area (TPSA) is 64.6 Å².